The van der Waals surface area contributed by atoms with Crippen molar-refractivity contribution in [2.75, 3.05) is 14.2 Å². The van der Waals surface area contributed by atoms with E-state index in [9.17, 15) is 9.59 Å². The Morgan fingerprint density at radius 2 is 0.792 bits per heavy atom. The molecule has 4 aliphatic carbocycles. The lowest BCUT2D eigenvalue weighted by Gasteiger charge is -2.60. The van der Waals surface area contributed by atoms with Crippen molar-refractivity contribution in [3.63, 3.8) is 0 Å². The van der Waals surface area contributed by atoms with Crippen molar-refractivity contribution in [1.29, 1.82) is 0 Å². The van der Waals surface area contributed by atoms with Crippen LogP contribution in [0.1, 0.15) is 122 Å². The lowest BCUT2D eigenvalue weighted by atomic mass is 9.42. The maximum absolute atomic E-state index is 13.9. The van der Waals surface area contributed by atoms with Crippen LogP contribution in [-0.4, -0.2) is 26.2 Å². The van der Waals surface area contributed by atoms with Gasteiger partial charge in [0, 0.05) is 23.7 Å². The molecule has 2 saturated carbocycles. The van der Waals surface area contributed by atoms with Crippen molar-refractivity contribution in [1.82, 2.24) is 0 Å². The molecule has 2 fully saturated rings. The number of hydrogen-bond donors (Lipinski definition) is 0. The van der Waals surface area contributed by atoms with E-state index < -0.39 is 0 Å². The van der Waals surface area contributed by atoms with Crippen LogP contribution in [0.25, 0.3) is 11.1 Å². The molecule has 0 amide bonds. The number of carbonyl (C=O) groups excluding carboxylic acids is 2. The number of fused-ring (bicyclic) bond motifs is 6. The Hall–Kier alpha value is -4.18. The molecule has 0 unspecified atom stereocenters. The Kier molecular flexibility index (Phi) is 6.91. The fraction of sp³-hybridized carbons (Fsp3) is 0.409. The van der Waals surface area contributed by atoms with Gasteiger partial charge in [0.2, 0.25) is 0 Å². The van der Waals surface area contributed by atoms with Crippen LogP contribution in [0.4, 0.5) is 0 Å². The zero-order valence-electron chi connectivity index (χ0n) is 29.3. The molecular weight excluding hydrogens is 592 g/mol. The Balaban J connectivity index is 1.47. The maximum atomic E-state index is 13.9. The fourth-order valence-electron chi connectivity index (χ4n) is 9.95. The molecule has 0 radical (unpaired) electrons. The lowest BCUT2D eigenvalue weighted by molar-refractivity contribution is -0.153. The molecule has 4 aliphatic rings. The summed E-state index contributed by atoms with van der Waals surface area (Å²) >= 11 is 0. The standard InChI is InChI=1S/C44H46O4/c1-43(2,3)25-19-27-33-29(21-25)37-36(32(39(37)41(45)47-7)24-17-13-10-14-18-24)28-20-26(44(4,5)6)22-30(34(28)33)38-35(27)31(40(38)42(46)48-8)23-15-11-9-12-16-23/h9-22,31-32,35-40H,1-8H3/t31-,32+,35+,36-,37-,38+,39-,40+. The van der Waals surface area contributed by atoms with Crippen molar-refractivity contribution in [3.05, 3.63) is 129 Å². The third kappa shape index (κ3) is 4.27. The second-order valence-corrected chi connectivity index (χ2v) is 16.6. The number of benzene rings is 4. The van der Waals surface area contributed by atoms with Crippen molar-refractivity contribution in [3.8, 4) is 11.1 Å². The number of hydrogen-bond acceptors (Lipinski definition) is 4. The van der Waals surface area contributed by atoms with Gasteiger partial charge in [0.05, 0.1) is 26.1 Å². The van der Waals surface area contributed by atoms with Crippen LogP contribution < -0.4 is 0 Å². The summed E-state index contributed by atoms with van der Waals surface area (Å²) < 4.78 is 11.2. The molecule has 48 heavy (non-hydrogen) atoms. The number of esters is 2. The molecule has 0 saturated heterocycles. The van der Waals surface area contributed by atoms with Gasteiger partial charge >= 0.3 is 11.9 Å². The monoisotopic (exact) mass is 638 g/mol. The van der Waals surface area contributed by atoms with Gasteiger partial charge in [-0.15, -0.1) is 0 Å². The maximum Gasteiger partial charge on any atom is 0.309 e. The van der Waals surface area contributed by atoms with Crippen LogP contribution in [-0.2, 0) is 29.9 Å². The molecule has 8 rings (SSSR count). The molecule has 4 heteroatoms. The van der Waals surface area contributed by atoms with E-state index in [0.29, 0.717) is 0 Å². The van der Waals surface area contributed by atoms with Gasteiger partial charge in [-0.2, -0.15) is 0 Å². The first-order chi connectivity index (χ1) is 22.9. The van der Waals surface area contributed by atoms with E-state index in [2.05, 4.69) is 114 Å². The van der Waals surface area contributed by atoms with E-state index in [4.69, 9.17) is 9.47 Å². The van der Waals surface area contributed by atoms with Crippen LogP contribution in [0, 0.1) is 11.8 Å². The summed E-state index contributed by atoms with van der Waals surface area (Å²) in [5, 5.41) is 0. The highest BCUT2D eigenvalue weighted by molar-refractivity contribution is 5.92. The molecular formula is C44H46O4. The van der Waals surface area contributed by atoms with Crippen LogP contribution in [0.3, 0.4) is 0 Å². The lowest BCUT2D eigenvalue weighted by Crippen LogP contribution is -2.51. The van der Waals surface area contributed by atoms with Crippen molar-refractivity contribution < 1.29 is 19.1 Å². The highest BCUT2D eigenvalue weighted by Gasteiger charge is 2.64. The average Bonchev–Trinajstić information content (AvgIpc) is 3.03. The van der Waals surface area contributed by atoms with E-state index in [0.717, 1.165) is 0 Å². The summed E-state index contributed by atoms with van der Waals surface area (Å²) in [6.07, 6.45) is 0. The summed E-state index contributed by atoms with van der Waals surface area (Å²) in [7, 11) is 3.06. The Morgan fingerprint density at radius 3 is 1.08 bits per heavy atom. The van der Waals surface area contributed by atoms with E-state index in [-0.39, 0.29) is 70.1 Å². The predicted octanol–water partition coefficient (Wildman–Crippen LogP) is 9.48. The number of carbonyl (C=O) groups is 2. The largest absolute Gasteiger partial charge is 0.469 e. The van der Waals surface area contributed by atoms with Gasteiger partial charge < -0.3 is 9.47 Å². The number of methoxy groups -OCH3 is 2. The summed E-state index contributed by atoms with van der Waals surface area (Å²) in [5.74, 6) is -0.651. The smallest absolute Gasteiger partial charge is 0.309 e. The van der Waals surface area contributed by atoms with E-state index >= 15 is 0 Å². The van der Waals surface area contributed by atoms with E-state index in [1.807, 2.05) is 12.1 Å². The molecule has 0 spiro atoms. The molecule has 8 atom stereocenters. The highest BCUT2D eigenvalue weighted by atomic mass is 16.5. The molecule has 0 aromatic heterocycles. The van der Waals surface area contributed by atoms with Crippen molar-refractivity contribution in [2.24, 2.45) is 11.8 Å². The summed E-state index contributed by atoms with van der Waals surface area (Å²) in [4.78, 5) is 27.7. The van der Waals surface area contributed by atoms with Crippen LogP contribution >= 0.6 is 0 Å². The van der Waals surface area contributed by atoms with Gasteiger partial charge in [0.25, 0.3) is 0 Å². The van der Waals surface area contributed by atoms with Crippen LogP contribution in [0.5, 0.6) is 0 Å². The first kappa shape index (κ1) is 31.1. The fourth-order valence-corrected chi connectivity index (χ4v) is 9.95. The van der Waals surface area contributed by atoms with Gasteiger partial charge in [-0.1, -0.05) is 126 Å². The van der Waals surface area contributed by atoms with E-state index in [1.165, 1.54) is 69.9 Å². The minimum Gasteiger partial charge on any atom is -0.469 e. The Labute approximate surface area is 284 Å². The zero-order chi connectivity index (χ0) is 33.9. The molecule has 246 valence electrons. The topological polar surface area (TPSA) is 52.6 Å². The van der Waals surface area contributed by atoms with Crippen LogP contribution in [0.15, 0.2) is 84.9 Å². The average molecular weight is 639 g/mol. The molecule has 4 nitrogen and oxygen atoms in total. The third-order valence-corrected chi connectivity index (χ3v) is 12.2. The van der Waals surface area contributed by atoms with Crippen molar-refractivity contribution >= 4 is 11.9 Å². The van der Waals surface area contributed by atoms with Gasteiger partial charge in [0.15, 0.2) is 0 Å². The second kappa shape index (κ2) is 10.7. The summed E-state index contributed by atoms with van der Waals surface area (Å²) in [6, 6.07) is 30.8. The van der Waals surface area contributed by atoms with Crippen LogP contribution in [0.2, 0.25) is 0 Å². The summed E-state index contributed by atoms with van der Waals surface area (Å²) in [5.41, 5.74) is 12.4. The normalized spacial score (nSPS) is 27.8. The Bertz CT molecular complexity index is 1800. The third-order valence-electron chi connectivity index (χ3n) is 12.2. The van der Waals surface area contributed by atoms with Gasteiger partial charge in [-0.05, 0) is 78.3 Å². The van der Waals surface area contributed by atoms with Gasteiger partial charge in [-0.3, -0.25) is 9.59 Å². The SMILES string of the molecule is COC(=O)[C@@H]1[C@H]2c3cc(C(C)(C)C)cc4c3-c3c(cc(C(C)(C)C)cc3[C@H]3[C@H](C(=O)OC)[C@@H](c5ccccc5)[C@@H]43)[C@H]2[C@H]1c1ccccc1. The minimum atomic E-state index is -0.288. The Morgan fingerprint density at radius 1 is 0.479 bits per heavy atom. The molecule has 0 N–H and O–H groups in total. The molecule has 4 aromatic carbocycles. The zero-order valence-corrected chi connectivity index (χ0v) is 29.3. The van der Waals surface area contributed by atoms with Gasteiger partial charge in [0.1, 0.15) is 0 Å². The van der Waals surface area contributed by atoms with Crippen molar-refractivity contribution in [2.45, 2.75) is 87.9 Å². The molecule has 0 bridgehead atoms. The quantitative estimate of drug-likeness (QED) is 0.209. The molecule has 0 aliphatic heterocycles. The first-order valence-electron chi connectivity index (χ1n) is 17.5. The minimum absolute atomic E-state index is 0.00233. The molecule has 4 aromatic rings. The summed E-state index contributed by atoms with van der Waals surface area (Å²) in [6.45, 7) is 13.6. The predicted molar refractivity (Wildman–Crippen MR) is 190 cm³/mol. The highest BCUT2D eigenvalue weighted by Crippen LogP contribution is 2.74. The van der Waals surface area contributed by atoms with Gasteiger partial charge in [-0.25, -0.2) is 0 Å². The molecule has 0 heterocycles. The number of rotatable bonds is 4. The van der Waals surface area contributed by atoms with E-state index in [1.54, 1.807) is 0 Å². The second-order valence-electron chi connectivity index (χ2n) is 16.6. The first-order valence-corrected chi connectivity index (χ1v) is 17.5. The number of ether oxygens (including phenoxy) is 2.